The molecule has 0 radical (unpaired) electrons. The van der Waals surface area contributed by atoms with Gasteiger partial charge in [-0.15, -0.1) is 0 Å². The topological polar surface area (TPSA) is 134 Å². The summed E-state index contributed by atoms with van der Waals surface area (Å²) in [6, 6.07) is 8.12. The van der Waals surface area contributed by atoms with Crippen LogP contribution in [-0.4, -0.2) is 52.1 Å². The molecule has 2 aromatic rings. The van der Waals surface area contributed by atoms with Crippen molar-refractivity contribution in [2.24, 2.45) is 5.41 Å². The maximum atomic E-state index is 13.7. The zero-order valence-electron chi connectivity index (χ0n) is 31.0. The third-order valence-electron chi connectivity index (χ3n) is 9.57. The van der Waals surface area contributed by atoms with Gasteiger partial charge in [0.05, 0.1) is 10.7 Å². The highest BCUT2D eigenvalue weighted by Crippen LogP contribution is 2.39. The van der Waals surface area contributed by atoms with E-state index < -0.39 is 52.6 Å². The molecule has 0 bridgehead atoms. The highest BCUT2D eigenvalue weighted by atomic mass is 35.5. The highest BCUT2D eigenvalue weighted by molar-refractivity contribution is 6.34. The zero-order valence-corrected chi connectivity index (χ0v) is 31.8. The second-order valence-corrected chi connectivity index (χ2v) is 16.0. The molecule has 2 atom stereocenters. The number of imide groups is 1. The molecule has 5 amide bonds. The van der Waals surface area contributed by atoms with Gasteiger partial charge in [-0.05, 0) is 73.8 Å². The molecular weight excluding hydrogens is 644 g/mol. The molecule has 1 aliphatic heterocycles. The lowest BCUT2D eigenvalue weighted by Crippen LogP contribution is -2.55. The van der Waals surface area contributed by atoms with E-state index in [1.807, 2.05) is 13.0 Å². The van der Waals surface area contributed by atoms with E-state index in [-0.39, 0.29) is 21.5 Å². The van der Waals surface area contributed by atoms with Crippen molar-refractivity contribution in [1.29, 1.82) is 0 Å². The minimum atomic E-state index is -1.75. The standard InChI is InChI=1S/C38H53ClN4O6/c1-13-27(49-28-19-16-22(36(7,8)14-2)20-24(28)37(9,10)15-3)31(45)40-23-17-18-25(39)26(21-23)41-32(46)29(30(44)35(4,5)6)43-33(47)38(11,12)42-34(43)48/h16-21,27,29H,13-15H2,1-12H3,(H,40,45)(H,41,46)(H,42,48). The zero-order chi connectivity index (χ0) is 37.3. The van der Waals surface area contributed by atoms with Crippen molar-refractivity contribution < 1.29 is 28.7 Å². The molecule has 268 valence electrons. The number of hydrogen-bond donors (Lipinski definition) is 3. The van der Waals surface area contributed by atoms with Gasteiger partial charge in [-0.1, -0.05) is 93.0 Å². The molecule has 0 aliphatic carbocycles. The molecule has 0 spiro atoms. The first-order chi connectivity index (χ1) is 22.5. The summed E-state index contributed by atoms with van der Waals surface area (Å²) >= 11 is 6.44. The second-order valence-electron chi connectivity index (χ2n) is 15.6. The van der Waals surface area contributed by atoms with Crippen molar-refractivity contribution in [2.45, 2.75) is 131 Å². The van der Waals surface area contributed by atoms with E-state index in [0.29, 0.717) is 22.8 Å². The number of nitrogens with zero attached hydrogens (tertiary/aromatic N) is 1. The van der Waals surface area contributed by atoms with Gasteiger partial charge in [-0.2, -0.15) is 0 Å². The first-order valence-electron chi connectivity index (χ1n) is 16.9. The Morgan fingerprint density at radius 2 is 1.49 bits per heavy atom. The van der Waals surface area contributed by atoms with Gasteiger partial charge in [0.2, 0.25) is 0 Å². The first kappa shape index (κ1) is 39.5. The van der Waals surface area contributed by atoms with Crippen molar-refractivity contribution in [3.8, 4) is 5.75 Å². The number of rotatable bonds is 13. The first-order valence-corrected chi connectivity index (χ1v) is 17.3. The molecule has 1 heterocycles. The van der Waals surface area contributed by atoms with E-state index in [1.54, 1.807) is 26.8 Å². The summed E-state index contributed by atoms with van der Waals surface area (Å²) in [5.41, 5.74) is 0.0514. The molecule has 1 saturated heterocycles. The lowest BCUT2D eigenvalue weighted by molar-refractivity contribution is -0.144. The number of carbonyl (C=O) groups excluding carboxylic acids is 5. The van der Waals surface area contributed by atoms with Crippen molar-refractivity contribution in [3.63, 3.8) is 0 Å². The number of nitrogens with one attached hydrogen (secondary N) is 3. The Morgan fingerprint density at radius 3 is 2.00 bits per heavy atom. The normalized spacial score (nSPS) is 16.1. The second kappa shape index (κ2) is 14.5. The number of amides is 5. The quantitative estimate of drug-likeness (QED) is 0.145. The minimum Gasteiger partial charge on any atom is -0.480 e. The third kappa shape index (κ3) is 8.63. The summed E-state index contributed by atoms with van der Waals surface area (Å²) in [6.45, 7) is 22.7. The molecule has 10 nitrogen and oxygen atoms in total. The van der Waals surface area contributed by atoms with E-state index in [2.05, 4.69) is 69.6 Å². The number of benzene rings is 2. The van der Waals surface area contributed by atoms with Crippen LogP contribution in [0, 0.1) is 5.41 Å². The maximum absolute atomic E-state index is 13.7. The van der Waals surface area contributed by atoms with Crippen LogP contribution in [0.25, 0.3) is 0 Å². The van der Waals surface area contributed by atoms with Gasteiger partial charge >= 0.3 is 6.03 Å². The Morgan fingerprint density at radius 1 is 0.878 bits per heavy atom. The number of ketones is 1. The Kier molecular flexibility index (Phi) is 11.7. The van der Waals surface area contributed by atoms with Gasteiger partial charge in [0.15, 0.2) is 17.9 Å². The molecule has 3 N–H and O–H groups in total. The summed E-state index contributed by atoms with van der Waals surface area (Å²) in [5.74, 6) is -2.01. The predicted molar refractivity (Wildman–Crippen MR) is 194 cm³/mol. The fourth-order valence-corrected chi connectivity index (χ4v) is 5.51. The molecule has 3 rings (SSSR count). The van der Waals surface area contributed by atoms with Crippen molar-refractivity contribution in [3.05, 3.63) is 52.5 Å². The molecular formula is C38H53ClN4O6. The largest absolute Gasteiger partial charge is 0.480 e. The molecule has 49 heavy (non-hydrogen) atoms. The fourth-order valence-electron chi connectivity index (χ4n) is 5.35. The Labute approximate surface area is 296 Å². The van der Waals surface area contributed by atoms with E-state index >= 15 is 0 Å². The summed E-state index contributed by atoms with van der Waals surface area (Å²) in [6.07, 6.45) is 1.40. The third-order valence-corrected chi connectivity index (χ3v) is 9.90. The lowest BCUT2D eigenvalue weighted by Gasteiger charge is -2.31. The Balaban J connectivity index is 1.90. The average molecular weight is 697 g/mol. The molecule has 2 aromatic carbocycles. The van der Waals surface area contributed by atoms with E-state index in [4.69, 9.17) is 16.3 Å². The number of hydrogen-bond acceptors (Lipinski definition) is 6. The van der Waals surface area contributed by atoms with Crippen LogP contribution in [-0.2, 0) is 30.0 Å². The van der Waals surface area contributed by atoms with Crippen LogP contribution in [0.4, 0.5) is 16.2 Å². The van der Waals surface area contributed by atoms with Crippen LogP contribution in [0.2, 0.25) is 5.02 Å². The number of anilines is 2. The van der Waals surface area contributed by atoms with Gasteiger partial charge in [0.25, 0.3) is 17.7 Å². The van der Waals surface area contributed by atoms with E-state index in [1.165, 1.54) is 31.5 Å². The van der Waals surface area contributed by atoms with E-state index in [0.717, 1.165) is 18.4 Å². The maximum Gasteiger partial charge on any atom is 0.326 e. The molecule has 1 aliphatic rings. The molecule has 0 aromatic heterocycles. The SMILES string of the molecule is CCC(Oc1ccc(C(C)(C)CC)cc1C(C)(C)CC)C(=O)Nc1ccc(Cl)c(NC(=O)C(C(=O)C(C)(C)C)N2C(=O)NC(C)(C)C2=O)c1. The van der Waals surface area contributed by atoms with Crippen molar-refractivity contribution in [2.75, 3.05) is 10.6 Å². The molecule has 0 saturated carbocycles. The van der Waals surface area contributed by atoms with Gasteiger partial charge in [0.1, 0.15) is 11.3 Å². The van der Waals surface area contributed by atoms with Crippen molar-refractivity contribution >= 4 is 52.5 Å². The van der Waals surface area contributed by atoms with Crippen LogP contribution in [0.3, 0.4) is 0 Å². The van der Waals surface area contributed by atoms with Crippen LogP contribution >= 0.6 is 11.6 Å². The van der Waals surface area contributed by atoms with Gasteiger partial charge < -0.3 is 20.7 Å². The number of Topliss-reactive ketones (excluding diaryl/α,β-unsaturated/α-hetero) is 1. The summed E-state index contributed by atoms with van der Waals surface area (Å²) in [7, 11) is 0. The number of carbonyl (C=O) groups is 5. The van der Waals surface area contributed by atoms with Crippen LogP contribution in [0.5, 0.6) is 5.75 Å². The Hall–Kier alpha value is -3.92. The lowest BCUT2D eigenvalue weighted by atomic mass is 9.76. The monoisotopic (exact) mass is 696 g/mol. The van der Waals surface area contributed by atoms with Crippen molar-refractivity contribution in [1.82, 2.24) is 10.2 Å². The average Bonchev–Trinajstić information content (AvgIpc) is 3.22. The van der Waals surface area contributed by atoms with Crippen LogP contribution < -0.4 is 20.7 Å². The van der Waals surface area contributed by atoms with Gasteiger partial charge in [0, 0.05) is 16.7 Å². The predicted octanol–water partition coefficient (Wildman–Crippen LogP) is 7.76. The smallest absolute Gasteiger partial charge is 0.326 e. The molecule has 11 heteroatoms. The minimum absolute atomic E-state index is 0.0204. The van der Waals surface area contributed by atoms with Gasteiger partial charge in [-0.25, -0.2) is 9.69 Å². The molecule has 2 unspecified atom stereocenters. The molecule has 1 fully saturated rings. The number of halogens is 1. The summed E-state index contributed by atoms with van der Waals surface area (Å²) in [4.78, 5) is 67.4. The van der Waals surface area contributed by atoms with Gasteiger partial charge in [-0.3, -0.25) is 19.2 Å². The summed E-state index contributed by atoms with van der Waals surface area (Å²) in [5, 5.41) is 8.11. The number of urea groups is 1. The fraction of sp³-hybridized carbons (Fsp3) is 0.553. The Bertz CT molecular complexity index is 1620. The number of ether oxygens (including phenoxy) is 1. The van der Waals surface area contributed by atoms with Crippen LogP contribution in [0.1, 0.15) is 113 Å². The van der Waals surface area contributed by atoms with E-state index in [9.17, 15) is 24.0 Å². The highest BCUT2D eigenvalue weighted by Gasteiger charge is 2.53. The summed E-state index contributed by atoms with van der Waals surface area (Å²) < 4.78 is 6.40. The van der Waals surface area contributed by atoms with Crippen LogP contribution in [0.15, 0.2) is 36.4 Å².